The zero-order valence-electron chi connectivity index (χ0n) is 22.3. The molecule has 0 saturated carbocycles. The molecule has 40 heavy (non-hydrogen) atoms. The van der Waals surface area contributed by atoms with Gasteiger partial charge in [0.2, 0.25) is 5.76 Å². The Bertz CT molecular complexity index is 1540. The summed E-state index contributed by atoms with van der Waals surface area (Å²) < 4.78 is 64.5. The van der Waals surface area contributed by atoms with Crippen LogP contribution in [0.1, 0.15) is 49.1 Å². The fourth-order valence-electron chi connectivity index (χ4n) is 3.75. The van der Waals surface area contributed by atoms with Crippen LogP contribution in [0.25, 0.3) is 17.3 Å². The minimum Gasteiger partial charge on any atom is -0.455 e. The van der Waals surface area contributed by atoms with Crippen molar-refractivity contribution in [1.29, 1.82) is 0 Å². The average Bonchev–Trinajstić information content (AvgIpc) is 3.35. The first kappa shape index (κ1) is 28.5. The van der Waals surface area contributed by atoms with Gasteiger partial charge in [-0.25, -0.2) is 19.2 Å². The molecule has 2 heterocycles. The lowest BCUT2D eigenvalue weighted by molar-refractivity contribution is -0.153. The number of benzene rings is 2. The number of carbonyl (C=O) groups excluding carboxylic acids is 1. The Labute approximate surface area is 228 Å². The van der Waals surface area contributed by atoms with Crippen molar-refractivity contribution in [1.82, 2.24) is 9.97 Å². The number of hydrogen-bond acceptors (Lipinski definition) is 6. The highest BCUT2D eigenvalue weighted by Crippen LogP contribution is 2.32. The van der Waals surface area contributed by atoms with Crippen molar-refractivity contribution in [2.75, 3.05) is 5.32 Å². The zero-order valence-corrected chi connectivity index (χ0v) is 22.3. The molecule has 0 unspecified atom stereocenters. The van der Waals surface area contributed by atoms with Crippen LogP contribution in [0.2, 0.25) is 0 Å². The van der Waals surface area contributed by atoms with Gasteiger partial charge >= 0.3 is 12.1 Å². The summed E-state index contributed by atoms with van der Waals surface area (Å²) in [4.78, 5) is 22.2. The molecule has 6 nitrogen and oxygen atoms in total. The van der Waals surface area contributed by atoms with E-state index in [4.69, 9.17) is 9.15 Å². The summed E-state index contributed by atoms with van der Waals surface area (Å²) >= 11 is 0. The number of ether oxygens (including phenoxy) is 1. The van der Waals surface area contributed by atoms with E-state index in [1.54, 1.807) is 45.9 Å². The van der Waals surface area contributed by atoms with Crippen molar-refractivity contribution in [3.05, 3.63) is 107 Å². The van der Waals surface area contributed by atoms with Gasteiger partial charge in [0.05, 0.1) is 17.6 Å². The van der Waals surface area contributed by atoms with Gasteiger partial charge in [0.25, 0.3) is 0 Å². The van der Waals surface area contributed by atoms with Gasteiger partial charge in [-0.15, -0.1) is 0 Å². The summed E-state index contributed by atoms with van der Waals surface area (Å²) in [6, 6.07) is 16.1. The molecule has 0 saturated heterocycles. The minimum atomic E-state index is -4.69. The third-order valence-corrected chi connectivity index (χ3v) is 5.59. The van der Waals surface area contributed by atoms with Crippen LogP contribution in [0.15, 0.2) is 77.0 Å². The molecule has 0 aliphatic rings. The number of rotatable bonds is 7. The molecular weight excluding hydrogens is 526 g/mol. The molecule has 208 valence electrons. The lowest BCUT2D eigenvalue weighted by Crippen LogP contribution is -2.27. The van der Waals surface area contributed by atoms with E-state index >= 15 is 0 Å². The van der Waals surface area contributed by atoms with Crippen molar-refractivity contribution in [3.8, 4) is 11.3 Å². The first-order valence-corrected chi connectivity index (χ1v) is 12.3. The van der Waals surface area contributed by atoms with E-state index in [1.807, 2.05) is 30.3 Å². The van der Waals surface area contributed by atoms with Crippen molar-refractivity contribution in [3.63, 3.8) is 0 Å². The van der Waals surface area contributed by atoms with Gasteiger partial charge in [0.1, 0.15) is 22.9 Å². The lowest BCUT2D eigenvalue weighted by atomic mass is 10.1. The van der Waals surface area contributed by atoms with E-state index in [1.165, 1.54) is 6.20 Å². The lowest BCUT2D eigenvalue weighted by Gasteiger charge is -2.21. The topological polar surface area (TPSA) is 77.2 Å². The minimum absolute atomic E-state index is 0.139. The summed E-state index contributed by atoms with van der Waals surface area (Å²) in [5, 5.41) is 2.87. The molecule has 4 aromatic rings. The van der Waals surface area contributed by atoms with Gasteiger partial charge in [-0.2, -0.15) is 13.2 Å². The van der Waals surface area contributed by atoms with Crippen molar-refractivity contribution in [2.24, 2.45) is 0 Å². The number of esters is 1. The van der Waals surface area contributed by atoms with Gasteiger partial charge in [0, 0.05) is 18.1 Å². The van der Waals surface area contributed by atoms with Gasteiger partial charge in [-0.3, -0.25) is 0 Å². The van der Waals surface area contributed by atoms with E-state index in [0.717, 1.165) is 23.8 Å². The predicted molar refractivity (Wildman–Crippen MR) is 143 cm³/mol. The van der Waals surface area contributed by atoms with Crippen LogP contribution in [-0.2, 0) is 22.1 Å². The number of halogens is 4. The van der Waals surface area contributed by atoms with E-state index < -0.39 is 29.3 Å². The van der Waals surface area contributed by atoms with Crippen molar-refractivity contribution in [2.45, 2.75) is 45.9 Å². The number of aryl methyl sites for hydroxylation is 1. The number of nitrogens with one attached hydrogen (secondary N) is 1. The van der Waals surface area contributed by atoms with Gasteiger partial charge < -0.3 is 14.5 Å². The van der Waals surface area contributed by atoms with E-state index in [-0.39, 0.29) is 35.0 Å². The second-order valence-corrected chi connectivity index (χ2v) is 10.0. The normalized spacial score (nSPS) is 12.3. The van der Waals surface area contributed by atoms with Crippen LogP contribution in [-0.4, -0.2) is 21.5 Å². The number of aromatic nitrogens is 2. The van der Waals surface area contributed by atoms with Crippen molar-refractivity contribution >= 4 is 17.9 Å². The molecule has 1 N–H and O–H groups in total. The fraction of sp³-hybridized carbons (Fsp3) is 0.233. The maximum absolute atomic E-state index is 14.9. The maximum atomic E-state index is 14.9. The highest BCUT2D eigenvalue weighted by molar-refractivity contribution is 5.96. The molecule has 0 fully saturated rings. The number of alkyl halides is 3. The molecular formula is C30H27F4N3O3. The van der Waals surface area contributed by atoms with E-state index in [0.29, 0.717) is 11.3 Å². The summed E-state index contributed by atoms with van der Waals surface area (Å²) in [7, 11) is 0. The second kappa shape index (κ2) is 11.3. The summed E-state index contributed by atoms with van der Waals surface area (Å²) in [6.45, 7) is 6.61. The van der Waals surface area contributed by atoms with Crippen LogP contribution < -0.4 is 5.32 Å². The first-order chi connectivity index (χ1) is 18.8. The molecule has 2 aromatic carbocycles. The highest BCUT2D eigenvalue weighted by Gasteiger charge is 2.34. The number of carbonyl (C=O) groups is 1. The Hall–Kier alpha value is -4.47. The molecule has 0 spiro atoms. The predicted octanol–water partition coefficient (Wildman–Crippen LogP) is 7.59. The summed E-state index contributed by atoms with van der Waals surface area (Å²) in [5.74, 6) is -2.58. The number of nitrogens with zero attached hydrogens (tertiary/aromatic N) is 2. The monoisotopic (exact) mass is 553 g/mol. The molecule has 0 radical (unpaired) electrons. The summed E-state index contributed by atoms with van der Waals surface area (Å²) in [6.07, 6.45) is -1.97. The van der Waals surface area contributed by atoms with Gasteiger partial charge in [0.15, 0.2) is 5.82 Å². The van der Waals surface area contributed by atoms with E-state index in [9.17, 15) is 22.4 Å². The number of furan rings is 1. The Morgan fingerprint density at radius 2 is 1.75 bits per heavy atom. The quantitative estimate of drug-likeness (QED) is 0.144. The molecule has 2 aromatic heterocycles. The third kappa shape index (κ3) is 7.13. The molecule has 0 amide bonds. The first-order valence-electron chi connectivity index (χ1n) is 12.3. The summed E-state index contributed by atoms with van der Waals surface area (Å²) in [5.41, 5.74) is 1.09. The number of hydrogen-bond donors (Lipinski definition) is 1. The smallest absolute Gasteiger partial charge is 0.449 e. The SMILES string of the molecule is Cc1cccc(-c2cnc(N/C(=C\c3ccc(C(F)(F)F)o3)C(=O)OC(C)(C)C)c(Cc3ccccc3)n2)c1F. The number of anilines is 1. The van der Waals surface area contributed by atoms with Gasteiger partial charge in [-0.1, -0.05) is 42.5 Å². The van der Waals surface area contributed by atoms with Crippen LogP contribution in [0, 0.1) is 12.7 Å². The van der Waals surface area contributed by atoms with Crippen molar-refractivity contribution < 1.29 is 31.5 Å². The van der Waals surface area contributed by atoms with Crippen LogP contribution in [0.5, 0.6) is 0 Å². The largest absolute Gasteiger partial charge is 0.455 e. The molecule has 4 rings (SSSR count). The Morgan fingerprint density at radius 1 is 1.02 bits per heavy atom. The molecule has 0 aliphatic carbocycles. The van der Waals surface area contributed by atoms with Crippen LogP contribution >= 0.6 is 0 Å². The fourth-order valence-corrected chi connectivity index (χ4v) is 3.75. The Kier molecular flexibility index (Phi) is 8.08. The average molecular weight is 554 g/mol. The molecule has 10 heteroatoms. The highest BCUT2D eigenvalue weighted by atomic mass is 19.4. The maximum Gasteiger partial charge on any atom is 0.449 e. The Morgan fingerprint density at radius 3 is 2.40 bits per heavy atom. The van der Waals surface area contributed by atoms with Crippen LogP contribution in [0.4, 0.5) is 23.4 Å². The molecule has 0 aliphatic heterocycles. The van der Waals surface area contributed by atoms with Gasteiger partial charge in [-0.05, 0) is 57.0 Å². The van der Waals surface area contributed by atoms with Crippen LogP contribution in [0.3, 0.4) is 0 Å². The Balaban J connectivity index is 1.79. The second-order valence-electron chi connectivity index (χ2n) is 10.0. The van der Waals surface area contributed by atoms with E-state index in [2.05, 4.69) is 15.3 Å². The standard InChI is InChI=1S/C30H27F4N3O3/c1-18-9-8-12-21(26(18)31)24-17-35-27(22(36-24)15-19-10-6-5-7-11-19)37-23(28(38)40-29(2,3)4)16-20-13-14-25(39-20)30(32,33)34/h5-14,16-17H,15H2,1-4H3,(H,35,37)/b23-16-. The molecule has 0 bridgehead atoms. The third-order valence-electron chi connectivity index (χ3n) is 5.59. The zero-order chi connectivity index (χ0) is 29.1. The molecule has 0 atom stereocenters.